The average Bonchev–Trinajstić information content (AvgIpc) is 3.09. The number of carbonyl (C=O) groups excluding carboxylic acids is 2. The first kappa shape index (κ1) is 19.5. The van der Waals surface area contributed by atoms with E-state index in [2.05, 4.69) is 10.4 Å². The van der Waals surface area contributed by atoms with Crippen LogP contribution in [0, 0.1) is 6.92 Å². The lowest BCUT2D eigenvalue weighted by atomic mass is 10.1. The van der Waals surface area contributed by atoms with Gasteiger partial charge in [-0.15, -0.1) is 0 Å². The van der Waals surface area contributed by atoms with Crippen molar-refractivity contribution in [1.82, 2.24) is 14.7 Å². The Kier molecular flexibility index (Phi) is 5.53. The maximum absolute atomic E-state index is 13.0. The Hall–Kier alpha value is -2.86. The van der Waals surface area contributed by atoms with Gasteiger partial charge in [-0.3, -0.25) is 14.3 Å². The van der Waals surface area contributed by atoms with E-state index in [1.165, 1.54) is 0 Å². The fraction of sp³-hybridized carbons (Fsp3) is 0.318. The van der Waals surface area contributed by atoms with Crippen LogP contribution in [0.4, 0.5) is 5.69 Å². The van der Waals surface area contributed by atoms with Crippen molar-refractivity contribution < 1.29 is 9.59 Å². The van der Waals surface area contributed by atoms with Crippen molar-refractivity contribution in [3.8, 4) is 0 Å². The topological polar surface area (TPSA) is 67.2 Å². The van der Waals surface area contributed by atoms with E-state index in [1.807, 2.05) is 36.1 Å². The number of nitrogens with zero attached hydrogens (tertiary/aromatic N) is 3. The van der Waals surface area contributed by atoms with Crippen LogP contribution in [-0.4, -0.2) is 39.6 Å². The first-order valence-corrected chi connectivity index (χ1v) is 10.2. The Labute approximate surface area is 174 Å². The molecule has 3 aromatic rings. The number of aryl methyl sites for hydroxylation is 1. The predicted molar refractivity (Wildman–Crippen MR) is 114 cm³/mol. The van der Waals surface area contributed by atoms with E-state index >= 15 is 0 Å². The van der Waals surface area contributed by atoms with Gasteiger partial charge >= 0.3 is 0 Å². The highest BCUT2D eigenvalue weighted by Gasteiger charge is 2.24. The maximum atomic E-state index is 13.0. The summed E-state index contributed by atoms with van der Waals surface area (Å²) in [7, 11) is 0. The molecule has 1 aliphatic heterocycles. The van der Waals surface area contributed by atoms with Crippen molar-refractivity contribution in [2.24, 2.45) is 0 Å². The number of aromatic nitrogens is 2. The Bertz CT molecular complexity index is 1070. The van der Waals surface area contributed by atoms with Gasteiger partial charge < -0.3 is 10.2 Å². The monoisotopic (exact) mass is 410 g/mol. The number of amides is 2. The second-order valence-corrected chi connectivity index (χ2v) is 7.82. The van der Waals surface area contributed by atoms with Crippen molar-refractivity contribution in [1.29, 1.82) is 0 Å². The number of hydrogen-bond acceptors (Lipinski definition) is 3. The zero-order valence-corrected chi connectivity index (χ0v) is 17.1. The highest BCUT2D eigenvalue weighted by Crippen LogP contribution is 2.23. The molecule has 0 spiro atoms. The zero-order chi connectivity index (χ0) is 20.4. The molecule has 2 aromatic carbocycles. The van der Waals surface area contributed by atoms with Crippen LogP contribution in [0.3, 0.4) is 0 Å². The molecule has 7 heteroatoms. The molecule has 2 heterocycles. The first-order valence-electron chi connectivity index (χ1n) is 9.84. The minimum atomic E-state index is -0.208. The summed E-state index contributed by atoms with van der Waals surface area (Å²) in [5, 5.41) is 8.83. The smallest absolute Gasteiger partial charge is 0.275 e. The van der Waals surface area contributed by atoms with Crippen LogP contribution >= 0.6 is 11.6 Å². The molecule has 0 saturated carbocycles. The number of halogens is 1. The molecule has 1 aromatic heterocycles. The second-order valence-electron chi connectivity index (χ2n) is 7.38. The van der Waals surface area contributed by atoms with Crippen molar-refractivity contribution in [2.75, 3.05) is 18.4 Å². The molecule has 1 fully saturated rings. The summed E-state index contributed by atoms with van der Waals surface area (Å²) in [6, 6.07) is 12.9. The lowest BCUT2D eigenvalue weighted by Crippen LogP contribution is -2.36. The summed E-state index contributed by atoms with van der Waals surface area (Å²) in [6.07, 6.45) is 3.20. The third kappa shape index (κ3) is 4.12. The summed E-state index contributed by atoms with van der Waals surface area (Å²) in [5.74, 6) is -0.269. The lowest BCUT2D eigenvalue weighted by Gasteiger charge is -2.25. The Morgan fingerprint density at radius 2 is 1.86 bits per heavy atom. The van der Waals surface area contributed by atoms with Crippen LogP contribution in [0.1, 0.15) is 35.3 Å². The van der Waals surface area contributed by atoms with E-state index in [0.29, 0.717) is 16.4 Å². The van der Waals surface area contributed by atoms with Gasteiger partial charge in [-0.25, -0.2) is 0 Å². The number of rotatable bonds is 4. The quantitative estimate of drug-likeness (QED) is 0.698. The van der Waals surface area contributed by atoms with Gasteiger partial charge in [0.15, 0.2) is 5.69 Å². The van der Waals surface area contributed by atoms with Gasteiger partial charge in [0.05, 0.1) is 5.52 Å². The molecule has 0 bridgehead atoms. The Morgan fingerprint density at radius 1 is 1.10 bits per heavy atom. The SMILES string of the molecule is Cc1cc(Cl)ccc1NC(=O)Cn1nc(C(=O)N2CCCCC2)c2ccccc21. The number of likely N-dealkylation sites (tertiary alicyclic amines) is 1. The highest BCUT2D eigenvalue weighted by atomic mass is 35.5. The third-order valence-corrected chi connectivity index (χ3v) is 5.49. The molecule has 0 unspecified atom stereocenters. The van der Waals surface area contributed by atoms with Crippen LogP contribution in [0.25, 0.3) is 10.9 Å². The fourth-order valence-electron chi connectivity index (χ4n) is 3.75. The molecule has 1 N–H and O–H groups in total. The Balaban J connectivity index is 1.59. The summed E-state index contributed by atoms with van der Waals surface area (Å²) in [4.78, 5) is 27.5. The van der Waals surface area contributed by atoms with Gasteiger partial charge in [-0.2, -0.15) is 5.10 Å². The summed E-state index contributed by atoms with van der Waals surface area (Å²) in [5.41, 5.74) is 2.78. The van der Waals surface area contributed by atoms with E-state index in [-0.39, 0.29) is 18.4 Å². The number of nitrogens with one attached hydrogen (secondary N) is 1. The van der Waals surface area contributed by atoms with Crippen molar-refractivity contribution in [3.63, 3.8) is 0 Å². The van der Waals surface area contributed by atoms with Gasteiger partial charge in [0, 0.05) is 29.2 Å². The highest BCUT2D eigenvalue weighted by molar-refractivity contribution is 6.30. The van der Waals surface area contributed by atoms with E-state index < -0.39 is 0 Å². The van der Waals surface area contributed by atoms with Crippen molar-refractivity contribution >= 4 is 40.0 Å². The number of fused-ring (bicyclic) bond motifs is 1. The first-order chi connectivity index (χ1) is 14.0. The van der Waals surface area contributed by atoms with Gasteiger partial charge in [0.1, 0.15) is 6.54 Å². The summed E-state index contributed by atoms with van der Waals surface area (Å²) in [6.45, 7) is 3.43. The van der Waals surface area contributed by atoms with E-state index in [4.69, 9.17) is 11.6 Å². The van der Waals surface area contributed by atoms with Gasteiger partial charge in [0.25, 0.3) is 5.91 Å². The van der Waals surface area contributed by atoms with Crippen molar-refractivity contribution in [2.45, 2.75) is 32.7 Å². The second kappa shape index (κ2) is 8.25. The molecule has 2 amide bonds. The van der Waals surface area contributed by atoms with Crippen LogP contribution in [-0.2, 0) is 11.3 Å². The van der Waals surface area contributed by atoms with Gasteiger partial charge in [-0.1, -0.05) is 29.8 Å². The van der Waals surface area contributed by atoms with Gasteiger partial charge in [-0.05, 0) is 56.0 Å². The van der Waals surface area contributed by atoms with Crippen molar-refractivity contribution in [3.05, 3.63) is 58.7 Å². The van der Waals surface area contributed by atoms with Crippen LogP contribution in [0.15, 0.2) is 42.5 Å². The van der Waals surface area contributed by atoms with Gasteiger partial charge in [0.2, 0.25) is 5.91 Å². The number of benzene rings is 2. The molecular weight excluding hydrogens is 388 g/mol. The fourth-order valence-corrected chi connectivity index (χ4v) is 3.97. The molecule has 1 aliphatic rings. The normalized spacial score (nSPS) is 14.2. The molecule has 4 rings (SSSR count). The molecule has 6 nitrogen and oxygen atoms in total. The Morgan fingerprint density at radius 3 is 2.62 bits per heavy atom. The summed E-state index contributed by atoms with van der Waals surface area (Å²) < 4.78 is 1.60. The molecular formula is C22H23ClN4O2. The molecule has 0 aliphatic carbocycles. The minimum absolute atomic E-state index is 0.0237. The average molecular weight is 411 g/mol. The standard InChI is InChI=1S/C22H23ClN4O2/c1-15-13-16(23)9-10-18(15)24-20(28)14-27-19-8-4-3-7-17(19)21(25-27)22(29)26-11-5-2-6-12-26/h3-4,7-10,13H,2,5-6,11-12,14H2,1H3,(H,24,28). The van der Waals surface area contributed by atoms with Crippen LogP contribution in [0.2, 0.25) is 5.02 Å². The zero-order valence-electron chi connectivity index (χ0n) is 16.3. The molecule has 0 radical (unpaired) electrons. The minimum Gasteiger partial charge on any atom is -0.337 e. The number of hydrogen-bond donors (Lipinski definition) is 1. The third-order valence-electron chi connectivity index (χ3n) is 5.26. The number of para-hydroxylation sites is 1. The molecule has 0 atom stereocenters. The van der Waals surface area contributed by atoms with E-state index in [0.717, 1.165) is 48.8 Å². The number of piperidine rings is 1. The lowest BCUT2D eigenvalue weighted by molar-refractivity contribution is -0.116. The van der Waals surface area contributed by atoms with E-state index in [9.17, 15) is 9.59 Å². The molecule has 1 saturated heterocycles. The van der Waals surface area contributed by atoms with Crippen LogP contribution in [0.5, 0.6) is 0 Å². The summed E-state index contributed by atoms with van der Waals surface area (Å²) >= 11 is 5.98. The number of anilines is 1. The molecule has 150 valence electrons. The largest absolute Gasteiger partial charge is 0.337 e. The van der Waals surface area contributed by atoms with Crippen LogP contribution < -0.4 is 5.32 Å². The van der Waals surface area contributed by atoms with E-state index in [1.54, 1.807) is 22.9 Å². The predicted octanol–water partition coefficient (Wildman–Crippen LogP) is 4.26. The number of carbonyl (C=O) groups is 2. The molecule has 29 heavy (non-hydrogen) atoms. The maximum Gasteiger partial charge on any atom is 0.275 e.